The maximum atomic E-state index is 12.6. The minimum absolute atomic E-state index is 0.205. The van der Waals surface area contributed by atoms with Crippen LogP contribution >= 0.6 is 11.6 Å². The summed E-state index contributed by atoms with van der Waals surface area (Å²) in [6.45, 7) is 0. The Morgan fingerprint density at radius 2 is 1.65 bits per heavy atom. The third kappa shape index (κ3) is 4.68. The summed E-state index contributed by atoms with van der Waals surface area (Å²) in [5.74, 6) is 0.297. The van der Waals surface area contributed by atoms with Crippen molar-refractivity contribution in [3.63, 3.8) is 0 Å². The number of rotatable bonds is 5. The number of carbonyl (C=O) groups excluding carboxylic acids is 1. The highest BCUT2D eigenvalue weighted by Crippen LogP contribution is 2.30. The molecule has 1 aromatic heterocycles. The summed E-state index contributed by atoms with van der Waals surface area (Å²) in [5.41, 5.74) is 2.34. The number of hydrogen-bond acceptors (Lipinski definition) is 6. The van der Waals surface area contributed by atoms with E-state index in [1.54, 1.807) is 60.8 Å². The van der Waals surface area contributed by atoms with E-state index in [4.69, 9.17) is 20.8 Å². The molecule has 156 valence electrons. The van der Waals surface area contributed by atoms with Gasteiger partial charge in [0.25, 0.3) is 0 Å². The van der Waals surface area contributed by atoms with Crippen molar-refractivity contribution in [1.29, 1.82) is 0 Å². The standard InChI is InChI=1S/C23H16ClNO5S/c1-31(27,28)19-9-4-15(5-10-19)20-14-17(6-11-21(20)24)23(26)30-18-7-2-16(3-8-18)22-25-12-13-29-22/h2-14H,1H3. The Labute approximate surface area is 184 Å². The smallest absolute Gasteiger partial charge is 0.343 e. The van der Waals surface area contributed by atoms with Gasteiger partial charge >= 0.3 is 5.97 Å². The summed E-state index contributed by atoms with van der Waals surface area (Å²) in [6.07, 6.45) is 4.18. The fraction of sp³-hybridized carbons (Fsp3) is 0.0435. The van der Waals surface area contributed by atoms with E-state index in [0.717, 1.165) is 11.8 Å². The highest BCUT2D eigenvalue weighted by molar-refractivity contribution is 7.90. The molecule has 3 aromatic carbocycles. The molecular weight excluding hydrogens is 438 g/mol. The molecule has 0 saturated carbocycles. The fourth-order valence-corrected chi connectivity index (χ4v) is 3.81. The molecule has 0 saturated heterocycles. The van der Waals surface area contributed by atoms with E-state index in [1.165, 1.54) is 18.4 Å². The summed E-state index contributed by atoms with van der Waals surface area (Å²) in [7, 11) is -3.30. The maximum absolute atomic E-state index is 12.6. The van der Waals surface area contributed by atoms with Crippen LogP contribution in [-0.4, -0.2) is 25.6 Å². The second-order valence-corrected chi connectivity index (χ2v) is 9.17. The first-order valence-corrected chi connectivity index (χ1v) is 11.4. The minimum atomic E-state index is -3.30. The lowest BCUT2D eigenvalue weighted by Gasteiger charge is -2.09. The van der Waals surface area contributed by atoms with Gasteiger partial charge in [0.1, 0.15) is 12.0 Å². The second-order valence-electron chi connectivity index (χ2n) is 6.74. The highest BCUT2D eigenvalue weighted by Gasteiger charge is 2.14. The van der Waals surface area contributed by atoms with Crippen LogP contribution in [0.15, 0.2) is 88.5 Å². The van der Waals surface area contributed by atoms with Crippen molar-refractivity contribution in [3.05, 3.63) is 89.8 Å². The van der Waals surface area contributed by atoms with Crippen LogP contribution in [0, 0.1) is 0 Å². The monoisotopic (exact) mass is 453 g/mol. The number of oxazole rings is 1. The third-order valence-corrected chi connectivity index (χ3v) is 6.00. The molecule has 4 aromatic rings. The lowest BCUT2D eigenvalue weighted by molar-refractivity contribution is 0.0735. The van der Waals surface area contributed by atoms with Crippen molar-refractivity contribution in [2.24, 2.45) is 0 Å². The number of aromatic nitrogens is 1. The lowest BCUT2D eigenvalue weighted by Crippen LogP contribution is -2.08. The molecule has 0 aliphatic carbocycles. The summed E-state index contributed by atoms with van der Waals surface area (Å²) < 4.78 is 34.0. The zero-order chi connectivity index (χ0) is 22.0. The average Bonchev–Trinajstić information content (AvgIpc) is 3.29. The summed E-state index contributed by atoms with van der Waals surface area (Å²) >= 11 is 6.31. The molecule has 0 fully saturated rings. The van der Waals surface area contributed by atoms with Gasteiger partial charge in [-0.25, -0.2) is 18.2 Å². The molecule has 0 amide bonds. The molecule has 0 bridgehead atoms. The minimum Gasteiger partial charge on any atom is -0.445 e. The number of nitrogens with zero attached hydrogens (tertiary/aromatic N) is 1. The molecule has 0 unspecified atom stereocenters. The predicted molar refractivity (Wildman–Crippen MR) is 117 cm³/mol. The summed E-state index contributed by atoms with van der Waals surface area (Å²) in [5, 5.41) is 0.430. The molecule has 31 heavy (non-hydrogen) atoms. The van der Waals surface area contributed by atoms with Gasteiger partial charge in [0.15, 0.2) is 9.84 Å². The average molecular weight is 454 g/mol. The number of esters is 1. The van der Waals surface area contributed by atoms with Crippen LogP contribution in [0.5, 0.6) is 5.75 Å². The quantitative estimate of drug-likeness (QED) is 0.301. The molecule has 0 aliphatic rings. The Morgan fingerprint density at radius 3 is 2.26 bits per heavy atom. The Hall–Kier alpha value is -3.42. The number of carbonyl (C=O) groups is 1. The Bertz CT molecular complexity index is 1330. The number of hydrogen-bond donors (Lipinski definition) is 0. The molecule has 0 atom stereocenters. The Kier molecular flexibility index (Phi) is 5.63. The number of halogens is 1. The van der Waals surface area contributed by atoms with Crippen LogP contribution in [-0.2, 0) is 9.84 Å². The highest BCUT2D eigenvalue weighted by atomic mass is 35.5. The van der Waals surface area contributed by atoms with E-state index in [0.29, 0.717) is 33.4 Å². The molecule has 1 heterocycles. The Balaban J connectivity index is 1.55. The van der Waals surface area contributed by atoms with Crippen LogP contribution in [0.3, 0.4) is 0 Å². The lowest BCUT2D eigenvalue weighted by atomic mass is 10.0. The first-order valence-electron chi connectivity index (χ1n) is 9.13. The maximum Gasteiger partial charge on any atom is 0.343 e. The molecule has 6 nitrogen and oxygen atoms in total. The van der Waals surface area contributed by atoms with E-state index >= 15 is 0 Å². The zero-order valence-electron chi connectivity index (χ0n) is 16.3. The molecule has 8 heteroatoms. The van der Waals surface area contributed by atoms with E-state index in [2.05, 4.69) is 4.98 Å². The molecule has 0 spiro atoms. The largest absolute Gasteiger partial charge is 0.445 e. The molecule has 0 radical (unpaired) electrons. The normalized spacial score (nSPS) is 11.3. The summed E-state index contributed by atoms with van der Waals surface area (Å²) in [6, 6.07) is 17.9. The molecule has 0 N–H and O–H groups in total. The van der Waals surface area contributed by atoms with Crippen molar-refractivity contribution in [1.82, 2.24) is 4.98 Å². The van der Waals surface area contributed by atoms with Gasteiger partial charge in [-0.15, -0.1) is 0 Å². The number of ether oxygens (including phenoxy) is 1. The second kappa shape index (κ2) is 8.37. The first kappa shape index (κ1) is 20.8. The van der Waals surface area contributed by atoms with Gasteiger partial charge in [-0.1, -0.05) is 23.7 Å². The van der Waals surface area contributed by atoms with Crippen molar-refractivity contribution < 1.29 is 22.4 Å². The van der Waals surface area contributed by atoms with Crippen LogP contribution in [0.1, 0.15) is 10.4 Å². The van der Waals surface area contributed by atoms with Crippen molar-refractivity contribution in [2.45, 2.75) is 4.90 Å². The van der Waals surface area contributed by atoms with E-state index in [9.17, 15) is 13.2 Å². The van der Waals surface area contributed by atoms with Gasteiger partial charge in [0, 0.05) is 22.4 Å². The summed E-state index contributed by atoms with van der Waals surface area (Å²) in [4.78, 5) is 16.9. The first-order chi connectivity index (χ1) is 14.8. The van der Waals surface area contributed by atoms with Crippen molar-refractivity contribution in [2.75, 3.05) is 6.26 Å². The van der Waals surface area contributed by atoms with Crippen LogP contribution in [0.2, 0.25) is 5.02 Å². The SMILES string of the molecule is CS(=O)(=O)c1ccc(-c2cc(C(=O)Oc3ccc(-c4ncco4)cc3)ccc2Cl)cc1. The molecule has 4 rings (SSSR count). The Morgan fingerprint density at radius 1 is 0.968 bits per heavy atom. The van der Waals surface area contributed by atoms with Gasteiger partial charge in [-0.2, -0.15) is 0 Å². The van der Waals surface area contributed by atoms with E-state index in [-0.39, 0.29) is 4.90 Å². The van der Waals surface area contributed by atoms with Gasteiger partial charge < -0.3 is 9.15 Å². The van der Waals surface area contributed by atoms with Crippen LogP contribution in [0.4, 0.5) is 0 Å². The van der Waals surface area contributed by atoms with Gasteiger partial charge in [-0.05, 0) is 60.2 Å². The van der Waals surface area contributed by atoms with E-state index < -0.39 is 15.8 Å². The van der Waals surface area contributed by atoms with Gasteiger partial charge in [-0.3, -0.25) is 0 Å². The van der Waals surface area contributed by atoms with E-state index in [1.807, 2.05) is 0 Å². The molecule has 0 aliphatic heterocycles. The van der Waals surface area contributed by atoms with Crippen LogP contribution in [0.25, 0.3) is 22.6 Å². The zero-order valence-corrected chi connectivity index (χ0v) is 17.9. The number of benzene rings is 3. The number of sulfone groups is 1. The predicted octanol–water partition coefficient (Wildman–Crippen LogP) is 5.28. The van der Waals surface area contributed by atoms with Crippen molar-refractivity contribution >= 4 is 27.4 Å². The van der Waals surface area contributed by atoms with Crippen molar-refractivity contribution in [3.8, 4) is 28.3 Å². The molecular formula is C23H16ClNO5S. The van der Waals surface area contributed by atoms with Gasteiger partial charge in [0.2, 0.25) is 5.89 Å². The topological polar surface area (TPSA) is 86.5 Å². The van der Waals surface area contributed by atoms with Crippen LogP contribution < -0.4 is 4.74 Å². The fourth-order valence-electron chi connectivity index (χ4n) is 2.95. The van der Waals surface area contributed by atoms with Gasteiger partial charge in [0.05, 0.1) is 16.7 Å². The third-order valence-electron chi connectivity index (χ3n) is 4.54.